The lowest BCUT2D eigenvalue weighted by Gasteiger charge is -2.11. The Morgan fingerprint density at radius 2 is 1.61 bits per heavy atom. The Bertz CT molecular complexity index is 515. The van der Waals surface area contributed by atoms with Crippen LogP contribution in [-0.2, 0) is 12.8 Å². The Morgan fingerprint density at radius 3 is 2.28 bits per heavy atom. The van der Waals surface area contributed by atoms with E-state index in [1.54, 1.807) is 0 Å². The first-order valence-electron chi connectivity index (χ1n) is 6.33. The number of fused-ring (bicyclic) bond motifs is 1. The van der Waals surface area contributed by atoms with E-state index in [9.17, 15) is 0 Å². The number of hydrogen-bond acceptors (Lipinski definition) is 0. The quantitative estimate of drug-likeness (QED) is 0.629. The van der Waals surface area contributed by atoms with Crippen LogP contribution in [0.4, 0.5) is 0 Å². The second-order valence-corrected chi connectivity index (χ2v) is 4.55. The lowest BCUT2D eigenvalue weighted by molar-refractivity contribution is 1.14. The van der Waals surface area contributed by atoms with Crippen LogP contribution in [0.15, 0.2) is 55.7 Å². The van der Waals surface area contributed by atoms with Crippen LogP contribution in [0.25, 0.3) is 6.08 Å². The first kappa shape index (κ1) is 12.6. The predicted octanol–water partition coefficient (Wildman–Crippen LogP) is 4.67. The molecular weight excluding hydrogens is 216 g/mol. The molecule has 0 N–H and O–H groups in total. The first-order valence-corrected chi connectivity index (χ1v) is 6.33. The number of benzene rings is 1. The number of hydrogen-bond donors (Lipinski definition) is 0. The Hall–Kier alpha value is -1.82. The van der Waals surface area contributed by atoms with Crippen molar-refractivity contribution in [3.8, 4) is 0 Å². The molecule has 1 aromatic carbocycles. The molecule has 18 heavy (non-hydrogen) atoms. The zero-order chi connectivity index (χ0) is 13.0. The molecule has 91 valence electrons. The van der Waals surface area contributed by atoms with Crippen molar-refractivity contribution >= 4 is 6.08 Å². The van der Waals surface area contributed by atoms with Crippen LogP contribution < -0.4 is 0 Å². The third kappa shape index (κ3) is 2.38. The van der Waals surface area contributed by atoms with E-state index < -0.39 is 0 Å². The van der Waals surface area contributed by atoms with Crippen molar-refractivity contribution < 1.29 is 0 Å². The maximum Gasteiger partial charge on any atom is 0.0167 e. The summed E-state index contributed by atoms with van der Waals surface area (Å²) in [5, 5.41) is 0. The molecule has 1 aliphatic rings. The predicted molar refractivity (Wildman–Crippen MR) is 80.4 cm³/mol. The van der Waals surface area contributed by atoms with Crippen LogP contribution in [0.3, 0.4) is 0 Å². The zero-order valence-electron chi connectivity index (χ0n) is 10.8. The summed E-state index contributed by atoms with van der Waals surface area (Å²) in [6.45, 7) is 11.5. The first-order chi connectivity index (χ1) is 8.80. The third-order valence-corrected chi connectivity index (χ3v) is 3.25. The minimum Gasteiger partial charge on any atom is -0.103 e. The second kappa shape index (κ2) is 5.68. The van der Waals surface area contributed by atoms with E-state index in [1.807, 2.05) is 18.2 Å². The highest BCUT2D eigenvalue weighted by molar-refractivity contribution is 5.73. The van der Waals surface area contributed by atoms with Gasteiger partial charge in [-0.05, 0) is 41.5 Å². The van der Waals surface area contributed by atoms with Gasteiger partial charge in [0.05, 0.1) is 0 Å². The van der Waals surface area contributed by atoms with E-state index in [4.69, 9.17) is 0 Å². The lowest BCUT2D eigenvalue weighted by Crippen LogP contribution is -1.97. The van der Waals surface area contributed by atoms with Crippen molar-refractivity contribution in [1.82, 2.24) is 0 Å². The molecule has 0 saturated heterocycles. The van der Waals surface area contributed by atoms with Crippen LogP contribution in [0.5, 0.6) is 0 Å². The van der Waals surface area contributed by atoms with Crippen molar-refractivity contribution in [2.75, 3.05) is 0 Å². The molecule has 0 atom stereocenters. The lowest BCUT2D eigenvalue weighted by atomic mass is 9.93. The van der Waals surface area contributed by atoms with E-state index in [0.29, 0.717) is 0 Å². The van der Waals surface area contributed by atoms with Gasteiger partial charge in [0.2, 0.25) is 0 Å². The van der Waals surface area contributed by atoms with Crippen molar-refractivity contribution in [3.05, 3.63) is 84.3 Å². The van der Waals surface area contributed by atoms with Crippen LogP contribution in [-0.4, -0.2) is 0 Å². The molecule has 1 radical (unpaired) electrons. The number of rotatable bonds is 6. The van der Waals surface area contributed by atoms with Gasteiger partial charge < -0.3 is 0 Å². The van der Waals surface area contributed by atoms with Gasteiger partial charge in [-0.15, -0.1) is 19.7 Å². The topological polar surface area (TPSA) is 0 Å². The van der Waals surface area contributed by atoms with E-state index in [2.05, 4.69) is 44.4 Å². The number of allylic oxidation sites excluding steroid dienone is 4. The van der Waals surface area contributed by atoms with Gasteiger partial charge in [0.25, 0.3) is 0 Å². The van der Waals surface area contributed by atoms with E-state index in [1.165, 1.54) is 27.8 Å². The van der Waals surface area contributed by atoms with Gasteiger partial charge in [0, 0.05) is 6.42 Å². The van der Waals surface area contributed by atoms with Gasteiger partial charge in [-0.3, -0.25) is 0 Å². The SMILES string of the molecule is C=CCC1=Cc2c(ccc(CC=C)c2CC=C)[CH]1. The summed E-state index contributed by atoms with van der Waals surface area (Å²) < 4.78 is 0. The Balaban J connectivity index is 2.45. The van der Waals surface area contributed by atoms with E-state index >= 15 is 0 Å². The van der Waals surface area contributed by atoms with Crippen molar-refractivity contribution in [2.45, 2.75) is 19.3 Å². The molecule has 2 rings (SSSR count). The van der Waals surface area contributed by atoms with Crippen molar-refractivity contribution in [2.24, 2.45) is 0 Å². The third-order valence-electron chi connectivity index (χ3n) is 3.25. The minimum atomic E-state index is 0.915. The fourth-order valence-electron chi connectivity index (χ4n) is 2.47. The Kier molecular flexibility index (Phi) is 3.99. The van der Waals surface area contributed by atoms with Crippen LogP contribution in [0.1, 0.15) is 28.7 Å². The van der Waals surface area contributed by atoms with Crippen molar-refractivity contribution in [3.63, 3.8) is 0 Å². The van der Waals surface area contributed by atoms with Gasteiger partial charge in [0.15, 0.2) is 0 Å². The average Bonchev–Trinajstić information content (AvgIpc) is 2.76. The molecule has 0 fully saturated rings. The molecule has 0 spiro atoms. The van der Waals surface area contributed by atoms with Crippen LogP contribution in [0, 0.1) is 6.42 Å². The molecule has 1 aliphatic carbocycles. The normalized spacial score (nSPS) is 12.8. The maximum atomic E-state index is 3.87. The summed E-state index contributed by atoms with van der Waals surface area (Å²) >= 11 is 0. The smallest absolute Gasteiger partial charge is 0.0167 e. The maximum absolute atomic E-state index is 3.87. The van der Waals surface area contributed by atoms with E-state index in [-0.39, 0.29) is 0 Å². The molecule has 0 aromatic heterocycles. The summed E-state index contributed by atoms with van der Waals surface area (Å²) in [4.78, 5) is 0. The molecule has 0 heteroatoms. The van der Waals surface area contributed by atoms with Gasteiger partial charge >= 0.3 is 0 Å². The molecule has 1 aromatic rings. The highest BCUT2D eigenvalue weighted by Gasteiger charge is 2.17. The Labute approximate surface area is 110 Å². The van der Waals surface area contributed by atoms with Gasteiger partial charge in [-0.25, -0.2) is 0 Å². The second-order valence-electron chi connectivity index (χ2n) is 4.55. The minimum absolute atomic E-state index is 0.915. The standard InChI is InChI=1S/C18H19/c1-4-7-14-12-16-11-10-15(8-5-2)17(9-6-3)18(16)13-14/h4-6,10-13H,1-3,7-9H2. The van der Waals surface area contributed by atoms with Gasteiger partial charge in [0.1, 0.15) is 0 Å². The largest absolute Gasteiger partial charge is 0.103 e. The molecule has 0 unspecified atom stereocenters. The summed E-state index contributed by atoms with van der Waals surface area (Å²) in [5.41, 5.74) is 6.74. The Morgan fingerprint density at radius 1 is 0.889 bits per heavy atom. The molecule has 0 saturated carbocycles. The summed E-state index contributed by atoms with van der Waals surface area (Å²) in [7, 11) is 0. The van der Waals surface area contributed by atoms with E-state index in [0.717, 1.165) is 19.3 Å². The van der Waals surface area contributed by atoms with Gasteiger partial charge in [-0.2, -0.15) is 0 Å². The molecule has 0 nitrogen and oxygen atoms in total. The van der Waals surface area contributed by atoms with Crippen molar-refractivity contribution in [1.29, 1.82) is 0 Å². The summed E-state index contributed by atoms with van der Waals surface area (Å²) in [6.07, 6.45) is 13.2. The fourth-order valence-corrected chi connectivity index (χ4v) is 2.47. The molecule has 0 heterocycles. The molecule has 0 amide bonds. The average molecular weight is 235 g/mol. The monoisotopic (exact) mass is 235 g/mol. The summed E-state index contributed by atoms with van der Waals surface area (Å²) in [5.74, 6) is 0. The highest BCUT2D eigenvalue weighted by Crippen LogP contribution is 2.33. The summed E-state index contributed by atoms with van der Waals surface area (Å²) in [6, 6.07) is 4.41. The van der Waals surface area contributed by atoms with Crippen LogP contribution in [0.2, 0.25) is 0 Å². The molecule has 0 bridgehead atoms. The fraction of sp³-hybridized carbons (Fsp3) is 0.167. The highest BCUT2D eigenvalue weighted by atomic mass is 14.2. The zero-order valence-corrected chi connectivity index (χ0v) is 10.8. The molecule has 0 aliphatic heterocycles. The van der Waals surface area contributed by atoms with Gasteiger partial charge in [-0.1, -0.05) is 42.0 Å². The molecular formula is C18H19. The van der Waals surface area contributed by atoms with Crippen LogP contribution >= 0.6 is 0 Å².